The summed E-state index contributed by atoms with van der Waals surface area (Å²) in [5.74, 6) is -2.58. The molecule has 0 saturated carbocycles. The number of nitrogens with two attached hydrogens (primary N) is 3. The molecule has 0 amide bonds. The SMILES string of the molecule is C.C.CC(N)C(=O)O.CC(N)CC(=O)O.CC(N)CCC(=O)O. The molecule has 3 atom stereocenters. The molecule has 142 valence electrons. The highest BCUT2D eigenvalue weighted by Crippen LogP contribution is 1.91. The first-order valence-electron chi connectivity index (χ1n) is 6.33. The maximum absolute atomic E-state index is 9.85. The van der Waals surface area contributed by atoms with E-state index in [1.165, 1.54) is 6.92 Å². The maximum Gasteiger partial charge on any atom is 0.320 e. The molecule has 23 heavy (non-hydrogen) atoms. The lowest BCUT2D eigenvalue weighted by molar-refractivity contribution is -0.138. The molecule has 0 aliphatic heterocycles. The van der Waals surface area contributed by atoms with Crippen LogP contribution in [-0.2, 0) is 14.4 Å². The third kappa shape index (κ3) is 53.3. The van der Waals surface area contributed by atoms with Gasteiger partial charge >= 0.3 is 17.9 Å². The average molecular weight is 341 g/mol. The number of aliphatic carboxylic acids is 3. The highest BCUT2D eigenvalue weighted by molar-refractivity contribution is 5.72. The van der Waals surface area contributed by atoms with Crippen molar-refractivity contribution in [2.75, 3.05) is 0 Å². The van der Waals surface area contributed by atoms with Gasteiger partial charge in [0.05, 0.1) is 6.42 Å². The molecular weight excluding hydrogens is 306 g/mol. The number of carboxylic acid groups (broad SMARTS) is 3. The van der Waals surface area contributed by atoms with Gasteiger partial charge in [-0.05, 0) is 27.2 Å². The van der Waals surface area contributed by atoms with Gasteiger partial charge in [-0.25, -0.2) is 0 Å². The fourth-order valence-corrected chi connectivity index (χ4v) is 0.627. The van der Waals surface area contributed by atoms with Crippen LogP contribution < -0.4 is 17.2 Å². The number of rotatable bonds is 6. The zero-order chi connectivity index (χ0) is 17.6. The van der Waals surface area contributed by atoms with E-state index in [-0.39, 0.29) is 39.8 Å². The minimum atomic E-state index is -0.963. The molecule has 0 heterocycles. The van der Waals surface area contributed by atoms with E-state index in [1.807, 2.05) is 0 Å². The van der Waals surface area contributed by atoms with Crippen LogP contribution in [0.1, 0.15) is 54.9 Å². The lowest BCUT2D eigenvalue weighted by atomic mass is 10.2. The Morgan fingerprint density at radius 2 is 1.17 bits per heavy atom. The fraction of sp³-hybridized carbons (Fsp3) is 0.786. The van der Waals surface area contributed by atoms with Gasteiger partial charge in [-0.15, -0.1) is 0 Å². The van der Waals surface area contributed by atoms with Crippen LogP contribution in [0.25, 0.3) is 0 Å². The number of hydrogen-bond donors (Lipinski definition) is 6. The first-order valence-corrected chi connectivity index (χ1v) is 6.33. The second kappa shape index (κ2) is 20.3. The van der Waals surface area contributed by atoms with Crippen LogP contribution in [0.3, 0.4) is 0 Å². The molecule has 0 aliphatic carbocycles. The van der Waals surface area contributed by atoms with E-state index in [4.69, 9.17) is 32.5 Å². The van der Waals surface area contributed by atoms with Gasteiger partial charge in [0, 0.05) is 18.5 Å². The van der Waals surface area contributed by atoms with E-state index in [9.17, 15) is 14.4 Å². The van der Waals surface area contributed by atoms with Crippen LogP contribution in [0.2, 0.25) is 0 Å². The van der Waals surface area contributed by atoms with Crippen molar-refractivity contribution in [2.45, 2.75) is 73.0 Å². The first kappa shape index (κ1) is 33.0. The minimum absolute atomic E-state index is 0. The Balaban J connectivity index is -0.0000000681. The molecule has 3 unspecified atom stereocenters. The molecule has 0 fully saturated rings. The Morgan fingerprint density at radius 1 is 0.826 bits per heavy atom. The fourth-order valence-electron chi connectivity index (χ4n) is 0.627. The van der Waals surface area contributed by atoms with Crippen molar-refractivity contribution in [3.8, 4) is 0 Å². The molecule has 0 bridgehead atoms. The molecule has 0 radical (unpaired) electrons. The van der Waals surface area contributed by atoms with Crippen LogP contribution in [0.15, 0.2) is 0 Å². The molecule has 9 nitrogen and oxygen atoms in total. The molecule has 0 rings (SSSR count). The van der Waals surface area contributed by atoms with Crippen LogP contribution in [0.5, 0.6) is 0 Å². The second-order valence-electron chi connectivity index (χ2n) is 4.61. The van der Waals surface area contributed by atoms with Gasteiger partial charge in [0.15, 0.2) is 0 Å². The lowest BCUT2D eigenvalue weighted by Gasteiger charge is -1.98. The summed E-state index contributed by atoms with van der Waals surface area (Å²) in [6.07, 6.45) is 0.799. The average Bonchev–Trinajstić information content (AvgIpc) is 2.25. The second-order valence-corrected chi connectivity index (χ2v) is 4.61. The van der Waals surface area contributed by atoms with E-state index in [2.05, 4.69) is 0 Å². The number of carbonyl (C=O) groups is 3. The normalized spacial score (nSPS) is 12.3. The third-order valence-electron chi connectivity index (χ3n) is 1.70. The Bertz CT molecular complexity index is 307. The predicted octanol–water partition coefficient (Wildman–Crippen LogP) is 0.697. The summed E-state index contributed by atoms with van der Waals surface area (Å²) in [4.78, 5) is 29.2. The quantitative estimate of drug-likeness (QED) is 0.403. The van der Waals surface area contributed by atoms with Crippen molar-refractivity contribution >= 4 is 17.9 Å². The Kier molecular flexibility index (Phi) is 29.1. The van der Waals surface area contributed by atoms with Gasteiger partial charge in [0.1, 0.15) is 6.04 Å². The lowest BCUT2D eigenvalue weighted by Crippen LogP contribution is -2.25. The zero-order valence-electron chi connectivity index (χ0n) is 12.7. The van der Waals surface area contributed by atoms with E-state index in [0.717, 1.165) is 0 Å². The van der Waals surface area contributed by atoms with Crippen molar-refractivity contribution < 1.29 is 29.7 Å². The van der Waals surface area contributed by atoms with Crippen molar-refractivity contribution in [3.05, 3.63) is 0 Å². The van der Waals surface area contributed by atoms with E-state index >= 15 is 0 Å². The molecule has 0 aromatic heterocycles. The zero-order valence-corrected chi connectivity index (χ0v) is 12.7. The van der Waals surface area contributed by atoms with Crippen LogP contribution in [-0.4, -0.2) is 51.4 Å². The van der Waals surface area contributed by atoms with E-state index < -0.39 is 23.9 Å². The van der Waals surface area contributed by atoms with Gasteiger partial charge in [-0.3, -0.25) is 14.4 Å². The van der Waals surface area contributed by atoms with Crippen molar-refractivity contribution in [2.24, 2.45) is 17.2 Å². The van der Waals surface area contributed by atoms with Crippen LogP contribution in [0, 0.1) is 0 Å². The Hall–Kier alpha value is -1.71. The summed E-state index contributed by atoms with van der Waals surface area (Å²) in [5.41, 5.74) is 15.2. The van der Waals surface area contributed by atoms with Gasteiger partial charge in [0.25, 0.3) is 0 Å². The molecule has 9 heteroatoms. The number of hydrogen-bond acceptors (Lipinski definition) is 6. The smallest absolute Gasteiger partial charge is 0.320 e. The molecule has 0 aromatic carbocycles. The molecule has 0 aromatic rings. The van der Waals surface area contributed by atoms with Gasteiger partial charge in [-0.2, -0.15) is 0 Å². The number of carboxylic acids is 3. The highest BCUT2D eigenvalue weighted by atomic mass is 16.4. The van der Waals surface area contributed by atoms with Crippen molar-refractivity contribution in [3.63, 3.8) is 0 Å². The topological polar surface area (TPSA) is 190 Å². The summed E-state index contributed by atoms with van der Waals surface area (Å²) < 4.78 is 0. The van der Waals surface area contributed by atoms with Gasteiger partial charge < -0.3 is 32.5 Å². The molecular formula is C14H35N3O6. The predicted molar refractivity (Wildman–Crippen MR) is 91.2 cm³/mol. The molecule has 9 N–H and O–H groups in total. The van der Waals surface area contributed by atoms with Crippen LogP contribution in [0.4, 0.5) is 0 Å². The highest BCUT2D eigenvalue weighted by Gasteiger charge is 2.00. The summed E-state index contributed by atoms with van der Waals surface area (Å²) in [6.45, 7) is 4.87. The largest absolute Gasteiger partial charge is 0.481 e. The first-order chi connectivity index (χ1) is 9.39. The van der Waals surface area contributed by atoms with E-state index in [0.29, 0.717) is 6.42 Å². The minimum Gasteiger partial charge on any atom is -0.481 e. The standard InChI is InChI=1S/C5H11NO2.C4H9NO2.C3H7NO2.2CH4/c1-4(6)2-3-5(7)8;1-3(5)2-4(6)7;1-2(4)3(5)6;;/h4H,2-3,6H2,1H3,(H,7,8);3H,2,5H2,1H3,(H,6,7);2H,4H2,1H3,(H,5,6);2*1H4. The van der Waals surface area contributed by atoms with Crippen molar-refractivity contribution in [1.82, 2.24) is 0 Å². The maximum atomic E-state index is 9.85. The van der Waals surface area contributed by atoms with Crippen molar-refractivity contribution in [1.29, 1.82) is 0 Å². The monoisotopic (exact) mass is 341 g/mol. The summed E-state index contributed by atoms with van der Waals surface area (Å²) in [6, 6.07) is -0.950. The Morgan fingerprint density at radius 3 is 1.22 bits per heavy atom. The summed E-state index contributed by atoms with van der Waals surface area (Å²) in [7, 11) is 0. The third-order valence-corrected chi connectivity index (χ3v) is 1.70. The van der Waals surface area contributed by atoms with Gasteiger partial charge in [-0.1, -0.05) is 14.9 Å². The molecule has 0 saturated heterocycles. The molecule has 0 aliphatic rings. The van der Waals surface area contributed by atoms with Crippen LogP contribution >= 0.6 is 0 Å². The summed E-state index contributed by atoms with van der Waals surface area (Å²) >= 11 is 0. The Labute approximate surface area is 138 Å². The van der Waals surface area contributed by atoms with E-state index in [1.54, 1.807) is 13.8 Å². The summed E-state index contributed by atoms with van der Waals surface area (Å²) in [5, 5.41) is 24.0. The molecule has 0 spiro atoms. The van der Waals surface area contributed by atoms with Gasteiger partial charge in [0.2, 0.25) is 0 Å².